The van der Waals surface area contributed by atoms with Crippen LogP contribution in [0.1, 0.15) is 22.3 Å². The third-order valence-corrected chi connectivity index (χ3v) is 12.1. The standard InChI is InChI=1S/C49H30N4S/c1-3-14-31(15-4-1)46-51-47(32-16-5-2-6-17-32)53-48(52-46)37-21-13-25-41-45(37)44-36(35-19-11-18-33-30-50-29-28-34(33)35)20-12-24-40(44)49(41)38-22-7-9-26-42(38)54-43-27-10-8-23-39(43)49/h1-30H. The summed E-state index contributed by atoms with van der Waals surface area (Å²) >= 11 is 1.85. The summed E-state index contributed by atoms with van der Waals surface area (Å²) in [6.07, 6.45) is 3.84. The van der Waals surface area contributed by atoms with Gasteiger partial charge in [-0.3, -0.25) is 4.98 Å². The van der Waals surface area contributed by atoms with Crippen LogP contribution in [0, 0.1) is 0 Å². The Morgan fingerprint density at radius 3 is 1.54 bits per heavy atom. The molecule has 0 unspecified atom stereocenters. The van der Waals surface area contributed by atoms with Crippen LogP contribution in [-0.4, -0.2) is 19.9 Å². The SMILES string of the molecule is c1ccc(-c2nc(-c3ccccc3)nc(-c3cccc4c3-c3c(-c5cccc6cnccc56)cccc3C43c4ccccc4Sc4ccccc43)n2)cc1. The van der Waals surface area contributed by atoms with E-state index in [2.05, 4.69) is 138 Å². The van der Waals surface area contributed by atoms with E-state index in [0.29, 0.717) is 17.5 Å². The number of hydrogen-bond acceptors (Lipinski definition) is 5. The van der Waals surface area contributed by atoms with Crippen LogP contribution >= 0.6 is 11.8 Å². The van der Waals surface area contributed by atoms with E-state index in [0.717, 1.165) is 27.6 Å². The molecule has 11 rings (SSSR count). The van der Waals surface area contributed by atoms with Crippen molar-refractivity contribution in [2.24, 2.45) is 0 Å². The fourth-order valence-electron chi connectivity index (χ4n) is 8.69. The summed E-state index contributed by atoms with van der Waals surface area (Å²) < 4.78 is 0. The van der Waals surface area contributed by atoms with Crippen molar-refractivity contribution in [1.29, 1.82) is 0 Å². The molecule has 5 heteroatoms. The Morgan fingerprint density at radius 2 is 0.889 bits per heavy atom. The highest BCUT2D eigenvalue weighted by Gasteiger charge is 2.51. The minimum Gasteiger partial charge on any atom is -0.264 e. The lowest BCUT2D eigenvalue weighted by atomic mass is 9.67. The van der Waals surface area contributed by atoms with Gasteiger partial charge in [0, 0.05) is 44.3 Å². The molecule has 252 valence electrons. The highest BCUT2D eigenvalue weighted by Crippen LogP contribution is 2.64. The molecule has 1 spiro atoms. The first-order chi connectivity index (χ1) is 26.8. The van der Waals surface area contributed by atoms with Gasteiger partial charge in [0.05, 0.1) is 5.41 Å². The zero-order valence-electron chi connectivity index (χ0n) is 29.0. The van der Waals surface area contributed by atoms with E-state index in [-0.39, 0.29) is 0 Å². The molecule has 1 aliphatic carbocycles. The Kier molecular flexibility index (Phi) is 6.97. The number of hydrogen-bond donors (Lipinski definition) is 0. The predicted molar refractivity (Wildman–Crippen MR) is 218 cm³/mol. The summed E-state index contributed by atoms with van der Waals surface area (Å²) in [6, 6.07) is 60.5. The lowest BCUT2D eigenvalue weighted by molar-refractivity contribution is 0.722. The zero-order valence-corrected chi connectivity index (χ0v) is 29.8. The molecule has 4 nitrogen and oxygen atoms in total. The van der Waals surface area contributed by atoms with E-state index in [9.17, 15) is 0 Å². The third kappa shape index (κ3) is 4.52. The quantitative estimate of drug-likeness (QED) is 0.182. The van der Waals surface area contributed by atoms with Gasteiger partial charge in [0.1, 0.15) is 0 Å². The molecule has 0 N–H and O–H groups in total. The molecular weight excluding hydrogens is 677 g/mol. The maximum atomic E-state index is 5.29. The number of pyridine rings is 1. The number of benzene rings is 7. The molecular formula is C49H30N4S. The number of rotatable bonds is 4. The van der Waals surface area contributed by atoms with Crippen LogP contribution < -0.4 is 0 Å². The van der Waals surface area contributed by atoms with Gasteiger partial charge in [0.2, 0.25) is 0 Å². The summed E-state index contributed by atoms with van der Waals surface area (Å²) in [7, 11) is 0. The van der Waals surface area contributed by atoms with Gasteiger partial charge in [-0.1, -0.05) is 163 Å². The molecule has 2 aliphatic rings. The minimum atomic E-state index is -0.571. The second kappa shape index (κ2) is 12.2. The van der Waals surface area contributed by atoms with E-state index in [4.69, 9.17) is 15.0 Å². The van der Waals surface area contributed by atoms with Crippen molar-refractivity contribution in [2.75, 3.05) is 0 Å². The fraction of sp³-hybridized carbons (Fsp3) is 0.0204. The van der Waals surface area contributed by atoms with Gasteiger partial charge in [-0.05, 0) is 68.1 Å². The number of aromatic nitrogens is 4. The van der Waals surface area contributed by atoms with E-state index in [1.807, 2.05) is 60.6 Å². The second-order valence-electron chi connectivity index (χ2n) is 13.7. The van der Waals surface area contributed by atoms with Crippen molar-refractivity contribution in [3.63, 3.8) is 0 Å². The molecule has 0 bridgehead atoms. The van der Waals surface area contributed by atoms with Crippen LogP contribution in [0.5, 0.6) is 0 Å². The minimum absolute atomic E-state index is 0.571. The van der Waals surface area contributed by atoms with Gasteiger partial charge in [-0.15, -0.1) is 0 Å². The van der Waals surface area contributed by atoms with Crippen molar-refractivity contribution in [3.8, 4) is 56.4 Å². The zero-order chi connectivity index (χ0) is 35.6. The first-order valence-electron chi connectivity index (χ1n) is 18.1. The Bertz CT molecular complexity index is 2810. The first-order valence-corrected chi connectivity index (χ1v) is 19.0. The van der Waals surface area contributed by atoms with Crippen LogP contribution in [0.3, 0.4) is 0 Å². The lowest BCUT2D eigenvalue weighted by Gasteiger charge is -2.39. The Hall–Kier alpha value is -6.69. The lowest BCUT2D eigenvalue weighted by Crippen LogP contribution is -2.31. The average molecular weight is 707 g/mol. The molecule has 1 aliphatic heterocycles. The first kappa shape index (κ1) is 30.9. The molecule has 0 amide bonds. The molecule has 0 fully saturated rings. The normalized spacial score (nSPS) is 13.3. The molecule has 0 radical (unpaired) electrons. The third-order valence-electron chi connectivity index (χ3n) is 10.9. The average Bonchev–Trinajstić information content (AvgIpc) is 3.55. The van der Waals surface area contributed by atoms with Crippen LogP contribution in [0.25, 0.3) is 67.2 Å². The molecule has 9 aromatic rings. The van der Waals surface area contributed by atoms with Gasteiger partial charge in [-0.2, -0.15) is 0 Å². The predicted octanol–water partition coefficient (Wildman–Crippen LogP) is 11.9. The highest BCUT2D eigenvalue weighted by atomic mass is 32.2. The van der Waals surface area contributed by atoms with Crippen LogP contribution in [0.15, 0.2) is 192 Å². The van der Waals surface area contributed by atoms with Crippen LogP contribution in [-0.2, 0) is 5.41 Å². The maximum absolute atomic E-state index is 5.29. The van der Waals surface area contributed by atoms with E-state index in [1.165, 1.54) is 54.1 Å². The highest BCUT2D eigenvalue weighted by molar-refractivity contribution is 7.99. The topological polar surface area (TPSA) is 51.6 Å². The van der Waals surface area contributed by atoms with Crippen molar-refractivity contribution in [1.82, 2.24) is 19.9 Å². The molecule has 0 atom stereocenters. The number of fused-ring (bicyclic) bond motifs is 10. The number of nitrogens with zero attached hydrogens (tertiary/aromatic N) is 4. The molecule has 0 saturated carbocycles. The Labute approximate surface area is 317 Å². The monoisotopic (exact) mass is 706 g/mol. The van der Waals surface area contributed by atoms with Gasteiger partial charge >= 0.3 is 0 Å². The second-order valence-corrected chi connectivity index (χ2v) is 14.8. The van der Waals surface area contributed by atoms with Crippen molar-refractivity contribution in [3.05, 3.63) is 205 Å². The van der Waals surface area contributed by atoms with Gasteiger partial charge in [0.15, 0.2) is 17.5 Å². The van der Waals surface area contributed by atoms with Crippen molar-refractivity contribution in [2.45, 2.75) is 15.2 Å². The molecule has 7 aromatic carbocycles. The largest absolute Gasteiger partial charge is 0.264 e. The fourth-order valence-corrected chi connectivity index (χ4v) is 9.88. The van der Waals surface area contributed by atoms with E-state index >= 15 is 0 Å². The van der Waals surface area contributed by atoms with Crippen molar-refractivity contribution < 1.29 is 0 Å². The molecule has 3 heterocycles. The van der Waals surface area contributed by atoms with E-state index < -0.39 is 5.41 Å². The Balaban J connectivity index is 1.29. The van der Waals surface area contributed by atoms with E-state index in [1.54, 1.807) is 0 Å². The molecule has 54 heavy (non-hydrogen) atoms. The Morgan fingerprint density at radius 1 is 0.389 bits per heavy atom. The summed E-state index contributed by atoms with van der Waals surface area (Å²) in [5.74, 6) is 1.93. The molecule has 0 saturated heterocycles. The smallest absolute Gasteiger partial charge is 0.164 e. The van der Waals surface area contributed by atoms with Crippen LogP contribution in [0.2, 0.25) is 0 Å². The maximum Gasteiger partial charge on any atom is 0.164 e. The van der Waals surface area contributed by atoms with Gasteiger partial charge in [-0.25, -0.2) is 15.0 Å². The van der Waals surface area contributed by atoms with Gasteiger partial charge < -0.3 is 0 Å². The van der Waals surface area contributed by atoms with Crippen molar-refractivity contribution >= 4 is 22.5 Å². The van der Waals surface area contributed by atoms with Crippen LogP contribution in [0.4, 0.5) is 0 Å². The van der Waals surface area contributed by atoms with Gasteiger partial charge in [0.25, 0.3) is 0 Å². The summed E-state index contributed by atoms with van der Waals surface area (Å²) in [4.78, 5) is 22.6. The molecule has 2 aromatic heterocycles. The summed E-state index contributed by atoms with van der Waals surface area (Å²) in [5.41, 5.74) is 12.0. The summed E-state index contributed by atoms with van der Waals surface area (Å²) in [5, 5.41) is 2.27. The summed E-state index contributed by atoms with van der Waals surface area (Å²) in [6.45, 7) is 0.